The average molecular weight is 819 g/mol. The van der Waals surface area contributed by atoms with E-state index in [9.17, 15) is 9.59 Å². The van der Waals surface area contributed by atoms with Gasteiger partial charge in [-0.25, -0.2) is 27.5 Å². The van der Waals surface area contributed by atoms with Gasteiger partial charge in [0.2, 0.25) is 0 Å². The molecule has 14 heteroatoms. The van der Waals surface area contributed by atoms with E-state index in [1.165, 1.54) is 9.80 Å². The van der Waals surface area contributed by atoms with Gasteiger partial charge in [0.1, 0.15) is 11.6 Å². The molecule has 4 heterocycles. The van der Waals surface area contributed by atoms with Gasteiger partial charge in [0, 0.05) is 24.0 Å². The number of carbonyl (C=O) groups is 2. The van der Waals surface area contributed by atoms with Crippen LogP contribution in [0.3, 0.4) is 0 Å². The molecule has 6 aromatic rings. The Bertz CT molecular complexity index is 2460. The summed E-state index contributed by atoms with van der Waals surface area (Å²) < 4.78 is 62.4. The summed E-state index contributed by atoms with van der Waals surface area (Å²) in [5.41, 5.74) is 2.03. The first kappa shape index (κ1) is 41.0. The average Bonchev–Trinajstić information content (AvgIpc) is 4.05. The third-order valence-electron chi connectivity index (χ3n) is 12.0. The van der Waals surface area contributed by atoms with Crippen LogP contribution in [0.15, 0.2) is 122 Å². The number of aromatic nitrogens is 4. The molecule has 0 saturated carbocycles. The highest BCUT2D eigenvalue weighted by molar-refractivity contribution is 5.92. The zero-order valence-electron chi connectivity index (χ0n) is 33.7. The van der Waals surface area contributed by atoms with Gasteiger partial charge in [0.15, 0.2) is 23.9 Å². The van der Waals surface area contributed by atoms with Crippen molar-refractivity contribution in [3.8, 4) is 33.6 Å². The number of hydrogen-bond acceptors (Lipinski definition) is 8. The van der Waals surface area contributed by atoms with E-state index >= 15 is 17.6 Å². The van der Waals surface area contributed by atoms with Crippen LogP contribution >= 0.6 is 0 Å². The third-order valence-corrected chi connectivity index (χ3v) is 12.0. The Hall–Kier alpha value is -5.80. The van der Waals surface area contributed by atoms with Crippen molar-refractivity contribution in [2.24, 2.45) is 0 Å². The minimum absolute atomic E-state index is 0.254. The number of alkyl halides is 4. The van der Waals surface area contributed by atoms with E-state index < -0.39 is 61.2 Å². The number of imidazole rings is 2. The Balaban J connectivity index is 1.24. The van der Waals surface area contributed by atoms with Crippen LogP contribution in [0.2, 0.25) is 0 Å². The molecule has 4 aromatic carbocycles. The lowest BCUT2D eigenvalue weighted by molar-refractivity contribution is -0.135. The highest BCUT2D eigenvalue weighted by atomic mass is 19.3. The van der Waals surface area contributed by atoms with Crippen molar-refractivity contribution in [2.45, 2.75) is 48.1 Å². The largest absolute Gasteiger partial charge is 0.341 e. The van der Waals surface area contributed by atoms with Crippen LogP contribution in [0.5, 0.6) is 0 Å². The minimum Gasteiger partial charge on any atom is -0.341 e. The Morgan fingerprint density at radius 1 is 0.600 bits per heavy atom. The molecule has 4 atom stereocenters. The fraction of sp³-hybridized carbons (Fsp3) is 0.304. The summed E-state index contributed by atoms with van der Waals surface area (Å²) in [6.45, 7) is -1.35. The molecule has 2 fully saturated rings. The van der Waals surface area contributed by atoms with E-state index in [1.54, 1.807) is 111 Å². The van der Waals surface area contributed by atoms with Gasteiger partial charge in [0.25, 0.3) is 11.8 Å². The molecule has 0 amide bonds. The number of carbonyl (C=O) groups excluding carboxylic acids is 2. The van der Waals surface area contributed by atoms with Gasteiger partial charge in [0.05, 0.1) is 49.0 Å². The monoisotopic (exact) mass is 818 g/mol. The van der Waals surface area contributed by atoms with Crippen LogP contribution in [0, 0.1) is 0 Å². The van der Waals surface area contributed by atoms with E-state index in [0.717, 1.165) is 11.1 Å². The molecule has 0 bridgehead atoms. The normalized spacial score (nSPS) is 21.2. The predicted molar refractivity (Wildman–Crippen MR) is 221 cm³/mol. The topological polar surface area (TPSA) is 104 Å². The van der Waals surface area contributed by atoms with Crippen molar-refractivity contribution >= 4 is 12.6 Å². The highest BCUT2D eigenvalue weighted by Crippen LogP contribution is 2.50. The quantitative estimate of drug-likeness (QED) is 0.0891. The van der Waals surface area contributed by atoms with E-state index in [4.69, 9.17) is 4.98 Å². The van der Waals surface area contributed by atoms with Crippen molar-refractivity contribution in [3.63, 3.8) is 0 Å². The summed E-state index contributed by atoms with van der Waals surface area (Å²) in [5, 5.41) is 0. The van der Waals surface area contributed by atoms with Crippen LogP contribution in [0.4, 0.5) is 17.6 Å². The fourth-order valence-electron chi connectivity index (χ4n) is 9.25. The van der Waals surface area contributed by atoms with Gasteiger partial charge < -0.3 is 9.97 Å². The molecule has 310 valence electrons. The number of rotatable bonds is 13. The second kappa shape index (κ2) is 15.7. The van der Waals surface area contributed by atoms with E-state index in [-0.39, 0.29) is 11.6 Å². The van der Waals surface area contributed by atoms with Gasteiger partial charge in [-0.3, -0.25) is 29.2 Å². The molecule has 2 N–H and O–H groups in total. The van der Waals surface area contributed by atoms with E-state index in [0.29, 0.717) is 46.2 Å². The summed E-state index contributed by atoms with van der Waals surface area (Å²) in [6, 6.07) is 31.1. The molecule has 2 unspecified atom stereocenters. The van der Waals surface area contributed by atoms with E-state index in [2.05, 4.69) is 15.0 Å². The molecule has 2 saturated heterocycles. The van der Waals surface area contributed by atoms with Crippen molar-refractivity contribution in [2.75, 3.05) is 41.3 Å². The Kier molecular flexibility index (Phi) is 10.7. The maximum atomic E-state index is 15.6. The standard InChI is InChI=1S/C46H46F4N8O2/c1-55(2)45(29-59,32-17-10-6-11-18-32)57-27-43(47,48)23-38(57)41-51-25-36(53-41)35-22-14-21-34(31-15-8-5-9-16-31)40(35)37-26-52-42(54-37)39-24-44(49,50)28-58(39)46(30-60,56(3)4)33-19-12-7-13-20-33/h5-22,25-26,29-30,38-39H,23-24,27-28H2,1-4H3,(H,51,53)(H,52,54)/t38-,39-,45?,46?/m0/s1. The summed E-state index contributed by atoms with van der Waals surface area (Å²) in [5.74, 6) is -5.74. The number of aldehydes is 2. The lowest BCUT2D eigenvalue weighted by atomic mass is 9.92. The van der Waals surface area contributed by atoms with Gasteiger partial charge in [-0.15, -0.1) is 0 Å². The summed E-state index contributed by atoms with van der Waals surface area (Å²) in [7, 11) is 6.76. The number of nitrogens with zero attached hydrogens (tertiary/aromatic N) is 6. The van der Waals surface area contributed by atoms with Crippen molar-refractivity contribution in [1.82, 2.24) is 39.5 Å². The van der Waals surface area contributed by atoms with Gasteiger partial charge >= 0.3 is 0 Å². The molecule has 0 aliphatic carbocycles. The SMILES string of the molecule is CN(C)C(C=O)(c1ccccc1)N1CC(F)(F)C[C@H]1c1ncc(-c2cccc(-c3ccccc3)c2-c2cnc([C@@H]3CC(F)(F)CN3C(C=O)(c3ccccc3)N(C)C)[nH]2)[nH]1. The fourth-order valence-corrected chi connectivity index (χ4v) is 9.25. The minimum atomic E-state index is -3.13. The first-order valence-electron chi connectivity index (χ1n) is 19.7. The van der Waals surface area contributed by atoms with Gasteiger partial charge in [-0.2, -0.15) is 0 Å². The second-order valence-electron chi connectivity index (χ2n) is 16.1. The molecule has 0 radical (unpaired) electrons. The van der Waals surface area contributed by atoms with Crippen LogP contribution in [0.25, 0.3) is 33.6 Å². The van der Waals surface area contributed by atoms with Crippen LogP contribution in [-0.2, 0) is 20.9 Å². The summed E-state index contributed by atoms with van der Waals surface area (Å²) in [4.78, 5) is 48.7. The maximum absolute atomic E-state index is 15.6. The van der Waals surface area contributed by atoms with Crippen LogP contribution in [0.1, 0.15) is 47.7 Å². The first-order chi connectivity index (χ1) is 28.7. The number of hydrogen-bond donors (Lipinski definition) is 2. The Morgan fingerprint density at radius 2 is 1.02 bits per heavy atom. The van der Waals surface area contributed by atoms with Crippen molar-refractivity contribution in [3.05, 3.63) is 144 Å². The summed E-state index contributed by atoms with van der Waals surface area (Å²) in [6.07, 6.45) is 3.45. The zero-order chi connectivity index (χ0) is 42.5. The van der Waals surface area contributed by atoms with Gasteiger partial charge in [-0.1, -0.05) is 109 Å². The Morgan fingerprint density at radius 3 is 1.47 bits per heavy atom. The first-order valence-corrected chi connectivity index (χ1v) is 19.7. The third kappa shape index (κ3) is 6.96. The number of likely N-dealkylation sites (N-methyl/N-ethyl adjacent to an activating group) is 2. The lowest BCUT2D eigenvalue weighted by Gasteiger charge is -2.45. The smallest absolute Gasteiger partial charge is 0.262 e. The van der Waals surface area contributed by atoms with Crippen molar-refractivity contribution < 1.29 is 27.2 Å². The molecular formula is C46H46F4N8O2. The molecule has 0 spiro atoms. The number of nitrogens with one attached hydrogen (secondary N) is 2. The number of aromatic amines is 2. The van der Waals surface area contributed by atoms with E-state index in [1.807, 2.05) is 48.5 Å². The predicted octanol–water partition coefficient (Wildman–Crippen LogP) is 8.13. The van der Waals surface area contributed by atoms with Crippen molar-refractivity contribution in [1.29, 1.82) is 0 Å². The van der Waals surface area contributed by atoms with Crippen LogP contribution < -0.4 is 0 Å². The highest BCUT2D eigenvalue weighted by Gasteiger charge is 2.57. The number of halogens is 4. The molecular weight excluding hydrogens is 773 g/mol. The second-order valence-corrected chi connectivity index (χ2v) is 16.1. The molecule has 8 rings (SSSR count). The molecule has 10 nitrogen and oxygen atoms in total. The zero-order valence-corrected chi connectivity index (χ0v) is 33.7. The number of benzene rings is 4. The molecule has 2 aliphatic rings. The Labute approximate surface area is 345 Å². The molecule has 2 aliphatic heterocycles. The molecule has 60 heavy (non-hydrogen) atoms. The number of likely N-dealkylation sites (tertiary alicyclic amines) is 2. The number of H-pyrrole nitrogens is 2. The summed E-state index contributed by atoms with van der Waals surface area (Å²) >= 11 is 0. The van der Waals surface area contributed by atoms with Gasteiger partial charge in [-0.05, 0) is 50.4 Å². The van der Waals surface area contributed by atoms with Crippen LogP contribution in [-0.4, -0.2) is 105 Å². The molecule has 2 aromatic heterocycles. The maximum Gasteiger partial charge on any atom is 0.262 e. The lowest BCUT2D eigenvalue weighted by Crippen LogP contribution is -2.57.